The maximum atomic E-state index is 10.6. The Morgan fingerprint density at radius 3 is 2.77 bits per heavy atom. The van der Waals surface area contributed by atoms with Crippen LogP contribution in [-0.2, 0) is 6.42 Å². The van der Waals surface area contributed by atoms with E-state index in [4.69, 9.17) is 0 Å². The van der Waals surface area contributed by atoms with Crippen LogP contribution in [-0.4, -0.2) is 48.0 Å². The summed E-state index contributed by atoms with van der Waals surface area (Å²) in [5, 5.41) is 21.0. The molecule has 0 aromatic heterocycles. The average Bonchev–Trinajstić information content (AvgIpc) is 3.20. The summed E-state index contributed by atoms with van der Waals surface area (Å²) in [5.41, 5.74) is 4.14. The number of fused-ring (bicyclic) bond motifs is 1. The number of aryl methyl sites for hydroxylation is 2. The summed E-state index contributed by atoms with van der Waals surface area (Å²) in [6.07, 6.45) is 14.5. The lowest BCUT2D eigenvalue weighted by atomic mass is 9.88. The Bertz CT molecular complexity index is 723. The van der Waals surface area contributed by atoms with E-state index >= 15 is 0 Å². The normalized spacial score (nSPS) is 27.1. The quantitative estimate of drug-likeness (QED) is 0.402. The lowest BCUT2D eigenvalue weighted by molar-refractivity contribution is 0.139. The molecule has 0 bridgehead atoms. The molecule has 30 heavy (non-hydrogen) atoms. The predicted molar refractivity (Wildman–Crippen MR) is 125 cm³/mol. The van der Waals surface area contributed by atoms with Gasteiger partial charge in [-0.25, -0.2) is 0 Å². The van der Waals surface area contributed by atoms with E-state index in [0.717, 1.165) is 25.7 Å². The third-order valence-corrected chi connectivity index (χ3v) is 6.92. The summed E-state index contributed by atoms with van der Waals surface area (Å²) in [5.74, 6) is 1.24. The van der Waals surface area contributed by atoms with Crippen LogP contribution < -0.4 is 0 Å². The highest BCUT2D eigenvalue weighted by atomic mass is 16.3. The summed E-state index contributed by atoms with van der Waals surface area (Å²) in [6.45, 7) is 3.28. The van der Waals surface area contributed by atoms with Gasteiger partial charge in [-0.1, -0.05) is 60.1 Å². The average molecular weight is 412 g/mol. The zero-order valence-corrected chi connectivity index (χ0v) is 19.1. The van der Waals surface area contributed by atoms with Crippen LogP contribution >= 0.6 is 0 Å². The van der Waals surface area contributed by atoms with Gasteiger partial charge in [-0.05, 0) is 89.9 Å². The Hall–Kier alpha value is -1.42. The monoisotopic (exact) mass is 411 g/mol. The van der Waals surface area contributed by atoms with Gasteiger partial charge in [0.1, 0.15) is 0 Å². The number of aliphatic hydroxyl groups excluding tert-OH is 2. The summed E-state index contributed by atoms with van der Waals surface area (Å²) in [4.78, 5) is 2.26. The van der Waals surface area contributed by atoms with Crippen LogP contribution in [0.1, 0.15) is 56.1 Å². The van der Waals surface area contributed by atoms with Crippen molar-refractivity contribution < 1.29 is 10.2 Å². The molecule has 5 atom stereocenters. The highest BCUT2D eigenvalue weighted by Crippen LogP contribution is 2.48. The predicted octanol–water partition coefficient (Wildman–Crippen LogP) is 4.91. The second-order valence-corrected chi connectivity index (χ2v) is 9.83. The maximum absolute atomic E-state index is 10.6. The molecule has 166 valence electrons. The van der Waals surface area contributed by atoms with E-state index < -0.39 is 6.10 Å². The number of hydrogen-bond donors (Lipinski definition) is 2. The molecule has 3 nitrogen and oxygen atoms in total. The third kappa shape index (κ3) is 6.80. The Kier molecular flexibility index (Phi) is 8.73. The molecule has 1 aromatic carbocycles. The van der Waals surface area contributed by atoms with Gasteiger partial charge in [-0.2, -0.15) is 0 Å². The summed E-state index contributed by atoms with van der Waals surface area (Å²) < 4.78 is 0. The fourth-order valence-corrected chi connectivity index (χ4v) is 5.28. The molecule has 3 heteroatoms. The van der Waals surface area contributed by atoms with Crippen LogP contribution in [0.5, 0.6) is 0 Å². The van der Waals surface area contributed by atoms with Gasteiger partial charge < -0.3 is 15.1 Å². The second-order valence-electron chi connectivity index (χ2n) is 9.83. The van der Waals surface area contributed by atoms with Crippen molar-refractivity contribution >= 4 is 0 Å². The van der Waals surface area contributed by atoms with Gasteiger partial charge in [0.25, 0.3) is 0 Å². The van der Waals surface area contributed by atoms with Crippen molar-refractivity contribution in [3.05, 3.63) is 59.2 Å². The molecule has 0 radical (unpaired) electrons. The van der Waals surface area contributed by atoms with E-state index in [1.807, 2.05) is 6.08 Å². The van der Waals surface area contributed by atoms with E-state index in [1.165, 1.54) is 43.4 Å². The van der Waals surface area contributed by atoms with Crippen LogP contribution in [0, 0.1) is 24.7 Å². The first kappa shape index (κ1) is 23.2. The van der Waals surface area contributed by atoms with Crippen molar-refractivity contribution in [1.82, 2.24) is 4.90 Å². The van der Waals surface area contributed by atoms with Crippen molar-refractivity contribution in [2.45, 2.75) is 70.5 Å². The first-order chi connectivity index (χ1) is 14.4. The van der Waals surface area contributed by atoms with E-state index in [9.17, 15) is 10.2 Å². The van der Waals surface area contributed by atoms with Crippen LogP contribution in [0.25, 0.3) is 0 Å². The minimum Gasteiger partial charge on any atom is -0.392 e. The third-order valence-electron chi connectivity index (χ3n) is 6.92. The number of rotatable bonds is 11. The largest absolute Gasteiger partial charge is 0.392 e. The molecule has 0 amide bonds. The molecule has 2 aliphatic rings. The Morgan fingerprint density at radius 2 is 2.00 bits per heavy atom. The van der Waals surface area contributed by atoms with Crippen LogP contribution in [0.15, 0.2) is 48.1 Å². The number of unbranched alkanes of at least 4 members (excludes halogenated alkanes) is 2. The first-order valence-corrected chi connectivity index (χ1v) is 11.9. The SMILES string of the molecule is Cc1cccc(CC[C@@H](O)/C=C/[C@@H]2[C@H]3CC(CCCCCN(C)C)=C[C@H]3C[C@H]2O)c1. The summed E-state index contributed by atoms with van der Waals surface area (Å²) >= 11 is 0. The second kappa shape index (κ2) is 11.3. The fourth-order valence-electron chi connectivity index (χ4n) is 5.28. The van der Waals surface area contributed by atoms with Crippen LogP contribution in [0.3, 0.4) is 0 Å². The van der Waals surface area contributed by atoms with E-state index in [0.29, 0.717) is 11.8 Å². The van der Waals surface area contributed by atoms with Crippen molar-refractivity contribution in [3.8, 4) is 0 Å². The number of nitrogens with zero attached hydrogens (tertiary/aromatic N) is 1. The van der Waals surface area contributed by atoms with Gasteiger partial charge in [0.05, 0.1) is 12.2 Å². The first-order valence-electron chi connectivity index (χ1n) is 11.9. The van der Waals surface area contributed by atoms with Gasteiger partial charge in [0.2, 0.25) is 0 Å². The van der Waals surface area contributed by atoms with Crippen molar-refractivity contribution in [1.29, 1.82) is 0 Å². The molecule has 2 aliphatic carbocycles. The van der Waals surface area contributed by atoms with Gasteiger partial charge in [0.15, 0.2) is 0 Å². The highest BCUT2D eigenvalue weighted by molar-refractivity contribution is 5.23. The van der Waals surface area contributed by atoms with Crippen molar-refractivity contribution in [2.24, 2.45) is 17.8 Å². The fraction of sp³-hybridized carbons (Fsp3) is 0.630. The zero-order valence-electron chi connectivity index (χ0n) is 19.1. The molecule has 0 heterocycles. The van der Waals surface area contributed by atoms with E-state index in [1.54, 1.807) is 5.57 Å². The smallest absolute Gasteiger partial charge is 0.0724 e. The number of aliphatic hydroxyl groups is 2. The molecular weight excluding hydrogens is 370 g/mol. The Balaban J connectivity index is 1.43. The molecule has 0 unspecified atom stereocenters. The summed E-state index contributed by atoms with van der Waals surface area (Å²) in [6, 6.07) is 8.50. The molecule has 0 aliphatic heterocycles. The molecule has 3 rings (SSSR count). The van der Waals surface area contributed by atoms with Gasteiger partial charge >= 0.3 is 0 Å². The Morgan fingerprint density at radius 1 is 1.17 bits per heavy atom. The van der Waals surface area contributed by atoms with Crippen molar-refractivity contribution in [3.63, 3.8) is 0 Å². The van der Waals surface area contributed by atoms with Crippen LogP contribution in [0.2, 0.25) is 0 Å². The molecule has 1 fully saturated rings. The molecular formula is C27H41NO2. The summed E-state index contributed by atoms with van der Waals surface area (Å²) in [7, 11) is 4.28. The minimum absolute atomic E-state index is 0.186. The van der Waals surface area contributed by atoms with Gasteiger partial charge in [-0.15, -0.1) is 0 Å². The molecule has 2 N–H and O–H groups in total. The van der Waals surface area contributed by atoms with E-state index in [2.05, 4.69) is 62.3 Å². The maximum Gasteiger partial charge on any atom is 0.0724 e. The molecule has 1 aromatic rings. The molecule has 0 spiro atoms. The number of benzene rings is 1. The lowest BCUT2D eigenvalue weighted by Gasteiger charge is -2.19. The highest BCUT2D eigenvalue weighted by Gasteiger charge is 2.43. The van der Waals surface area contributed by atoms with Crippen LogP contribution in [0.4, 0.5) is 0 Å². The number of hydrogen-bond acceptors (Lipinski definition) is 3. The van der Waals surface area contributed by atoms with Crippen molar-refractivity contribution in [2.75, 3.05) is 20.6 Å². The van der Waals surface area contributed by atoms with Gasteiger partial charge in [0, 0.05) is 5.92 Å². The zero-order chi connectivity index (χ0) is 21.5. The Labute approximate surface area is 183 Å². The topological polar surface area (TPSA) is 43.7 Å². The standard InChI is InChI=1S/C27H41NO2/c1-20-8-7-10-21(16-20)11-12-24(29)13-14-25-26-18-22(17-23(26)19-27(25)30)9-5-4-6-15-28(2)3/h7-8,10,13-14,16-17,23-27,29-30H,4-6,9,11-12,15,18-19H2,1-3H3/b14-13+/t23-,24+,25+,26-,27+/m0/s1. The van der Waals surface area contributed by atoms with E-state index in [-0.39, 0.29) is 12.0 Å². The van der Waals surface area contributed by atoms with Gasteiger partial charge in [-0.3, -0.25) is 0 Å². The molecule has 0 saturated heterocycles. The molecule has 1 saturated carbocycles. The lowest BCUT2D eigenvalue weighted by Crippen LogP contribution is -2.18. The minimum atomic E-state index is -0.442. The number of allylic oxidation sites excluding steroid dienone is 2.